The molecule has 4 nitrogen and oxygen atoms in total. The van der Waals surface area contributed by atoms with Crippen LogP contribution in [0.3, 0.4) is 0 Å². The Morgan fingerprint density at radius 2 is 1.50 bits per heavy atom. The minimum Gasteiger partial charge on any atom is -0.724 e. The third kappa shape index (κ3) is 801. The second-order valence-electron chi connectivity index (χ2n) is 0.0913. The normalized spacial score (nSPS) is 2.33. The molecule has 0 aromatic heterocycles. The molecule has 0 aromatic rings. The van der Waals surface area contributed by atoms with Crippen molar-refractivity contribution in [3.63, 3.8) is 0 Å². The first-order valence-electron chi connectivity index (χ1n) is 0.628. The Morgan fingerprint density at radius 3 is 1.50 bits per heavy atom. The molecule has 0 rings (SSSR count). The van der Waals surface area contributed by atoms with Gasteiger partial charge < -0.3 is 5.41 Å². The maximum atomic E-state index is 8.24. The summed E-state index contributed by atoms with van der Waals surface area (Å²) in [4.78, 5) is 8.24. The number of hydrogen-bond acceptors (Lipinski definition) is 3. The number of isocyanates is 1. The fraction of sp³-hybridized carbons (Fsp3) is 0. The molecule has 6 heavy (non-hydrogen) atoms. The number of hydrogen-bond donors (Lipinski definition) is 2. The quantitative estimate of drug-likeness (QED) is 0.211. The Labute approximate surface area is 44.4 Å². The molecule has 0 spiro atoms. The third-order valence-corrected chi connectivity index (χ3v) is 0. The van der Waals surface area contributed by atoms with Gasteiger partial charge in [-0.2, -0.15) is 0 Å². The summed E-state index contributed by atoms with van der Waals surface area (Å²) in [6.07, 6.45) is 0.500. The summed E-state index contributed by atoms with van der Waals surface area (Å²) < 4.78 is 0. The average molecular weight is 135 g/mol. The summed E-state index contributed by atoms with van der Waals surface area (Å²) in [7, 11) is 0. The van der Waals surface area contributed by atoms with Gasteiger partial charge in [-0.15, -0.1) is 0 Å². The van der Waals surface area contributed by atoms with E-state index in [0.717, 1.165) is 0 Å². The van der Waals surface area contributed by atoms with E-state index in [1.165, 1.54) is 0 Å². The van der Waals surface area contributed by atoms with Gasteiger partial charge in [0.1, 0.15) is 0 Å². The van der Waals surface area contributed by atoms with Crippen LogP contribution in [0.5, 0.6) is 0 Å². The summed E-state index contributed by atoms with van der Waals surface area (Å²) >= 11 is 0. The van der Waals surface area contributed by atoms with Crippen LogP contribution in [0.2, 0.25) is 0 Å². The molecule has 0 heterocycles. The monoisotopic (exact) mass is 135 g/mol. The SMILES string of the molecule is OO.[Co].[N-]=C=O. The standard InChI is InChI=1S/CNO.Co.H2O2/c2-1-3;;1-2/h;;1-2H/q-1;;. The topological polar surface area (TPSA) is 79.8 Å². The molecule has 0 atom stereocenters. The molecule has 0 saturated heterocycles. The van der Waals surface area contributed by atoms with E-state index in [0.29, 0.717) is 6.08 Å². The van der Waals surface area contributed by atoms with Gasteiger partial charge in [-0.25, -0.2) is 0 Å². The number of rotatable bonds is 0. The molecule has 0 amide bonds. The Morgan fingerprint density at radius 1 is 1.50 bits per heavy atom. The van der Waals surface area contributed by atoms with Crippen LogP contribution in [0.15, 0.2) is 0 Å². The minimum absolute atomic E-state index is 0. The van der Waals surface area contributed by atoms with Gasteiger partial charge >= 0.3 is 0 Å². The Hall–Kier alpha value is -0.194. The smallest absolute Gasteiger partial charge is 0 e. The molecular formula is CH2CoNO3-. The number of nitrogens with zero attached hydrogens (tertiary/aromatic N) is 1. The van der Waals surface area contributed by atoms with Gasteiger partial charge in [0.2, 0.25) is 0 Å². The van der Waals surface area contributed by atoms with Crippen molar-refractivity contribution in [1.82, 2.24) is 0 Å². The minimum atomic E-state index is 0. The predicted octanol–water partition coefficient (Wildman–Crippen LogP) is -0.0935. The first kappa shape index (κ1) is 17.0. The maximum absolute atomic E-state index is 8.24. The van der Waals surface area contributed by atoms with Crippen LogP contribution in [-0.2, 0) is 21.6 Å². The summed E-state index contributed by atoms with van der Waals surface area (Å²) in [5, 5.41) is 18.8. The van der Waals surface area contributed by atoms with E-state index in [-0.39, 0.29) is 16.8 Å². The zero-order valence-corrected chi connectivity index (χ0v) is 3.62. The van der Waals surface area contributed by atoms with Gasteiger partial charge in [0.15, 0.2) is 0 Å². The molecule has 5 heteroatoms. The van der Waals surface area contributed by atoms with Crippen molar-refractivity contribution in [3.05, 3.63) is 5.41 Å². The molecule has 39 valence electrons. The van der Waals surface area contributed by atoms with E-state index in [9.17, 15) is 0 Å². The molecule has 1 radical (unpaired) electrons. The molecule has 0 aliphatic rings. The van der Waals surface area contributed by atoms with E-state index < -0.39 is 0 Å². The second kappa shape index (κ2) is 107. The fourth-order valence-electron chi connectivity index (χ4n) is 0. The van der Waals surface area contributed by atoms with Crippen molar-refractivity contribution in [2.75, 3.05) is 0 Å². The summed E-state index contributed by atoms with van der Waals surface area (Å²) in [5.74, 6) is 0. The zero-order valence-electron chi connectivity index (χ0n) is 2.58. The Balaban J connectivity index is -0.0000000275. The first-order valence-corrected chi connectivity index (χ1v) is 0.628. The molecule has 0 aromatic carbocycles. The van der Waals surface area contributed by atoms with E-state index in [1.807, 2.05) is 0 Å². The van der Waals surface area contributed by atoms with Crippen LogP contribution in [0.4, 0.5) is 0 Å². The molecular weight excluding hydrogens is 133 g/mol. The van der Waals surface area contributed by atoms with Crippen molar-refractivity contribution >= 4 is 6.08 Å². The second-order valence-corrected chi connectivity index (χ2v) is 0.0913. The van der Waals surface area contributed by atoms with Crippen molar-refractivity contribution < 1.29 is 32.1 Å². The predicted molar refractivity (Wildman–Crippen MR) is 14.3 cm³/mol. The van der Waals surface area contributed by atoms with Gasteiger partial charge in [-0.3, -0.25) is 15.3 Å². The van der Waals surface area contributed by atoms with Gasteiger partial charge in [0.05, 0.1) is 0 Å². The van der Waals surface area contributed by atoms with Crippen molar-refractivity contribution in [3.8, 4) is 0 Å². The molecule has 0 aliphatic carbocycles. The summed E-state index contributed by atoms with van der Waals surface area (Å²) in [6, 6.07) is 0. The Bertz CT molecular complexity index is 31.8. The van der Waals surface area contributed by atoms with Crippen LogP contribution < -0.4 is 0 Å². The zero-order chi connectivity index (χ0) is 4.71. The van der Waals surface area contributed by atoms with E-state index in [2.05, 4.69) is 0 Å². The van der Waals surface area contributed by atoms with Gasteiger partial charge in [-0.1, -0.05) is 0 Å². The van der Waals surface area contributed by atoms with Crippen molar-refractivity contribution in [1.29, 1.82) is 0 Å². The van der Waals surface area contributed by atoms with Crippen molar-refractivity contribution in [2.24, 2.45) is 0 Å². The van der Waals surface area contributed by atoms with Gasteiger partial charge in [-0.05, 0) is 6.08 Å². The Kier molecular flexibility index (Phi) is 304. The molecule has 0 aliphatic heterocycles. The van der Waals surface area contributed by atoms with E-state index >= 15 is 0 Å². The van der Waals surface area contributed by atoms with Crippen LogP contribution in [0, 0.1) is 0 Å². The molecule has 0 saturated carbocycles. The van der Waals surface area contributed by atoms with Crippen LogP contribution in [0.25, 0.3) is 5.41 Å². The molecule has 0 unspecified atom stereocenters. The van der Waals surface area contributed by atoms with Crippen molar-refractivity contribution in [2.45, 2.75) is 0 Å². The largest absolute Gasteiger partial charge is 0.724 e. The summed E-state index contributed by atoms with van der Waals surface area (Å²) in [5.41, 5.74) is 0. The first-order chi connectivity index (χ1) is 2.41. The van der Waals surface area contributed by atoms with Gasteiger partial charge in [0.25, 0.3) is 0 Å². The average Bonchev–Trinajstić information content (AvgIpc) is 1.46. The van der Waals surface area contributed by atoms with Gasteiger partial charge in [0, 0.05) is 16.8 Å². The van der Waals surface area contributed by atoms with Crippen LogP contribution in [-0.4, -0.2) is 16.6 Å². The number of carbonyl (C=O) groups excluding carboxylic acids is 1. The van der Waals surface area contributed by atoms with Crippen LogP contribution in [0.1, 0.15) is 0 Å². The van der Waals surface area contributed by atoms with E-state index in [4.69, 9.17) is 20.7 Å². The summed E-state index contributed by atoms with van der Waals surface area (Å²) in [6.45, 7) is 0. The fourth-order valence-corrected chi connectivity index (χ4v) is 0. The third-order valence-electron chi connectivity index (χ3n) is 0. The molecule has 0 fully saturated rings. The van der Waals surface area contributed by atoms with E-state index in [1.54, 1.807) is 0 Å². The van der Waals surface area contributed by atoms with Crippen LogP contribution >= 0.6 is 0 Å². The molecule has 2 N–H and O–H groups in total. The maximum Gasteiger partial charge on any atom is 0 e. The molecule has 0 bridgehead atoms.